The lowest BCUT2D eigenvalue weighted by molar-refractivity contribution is -0.179. The number of aromatic nitrogens is 1. The van der Waals surface area contributed by atoms with Crippen LogP contribution in [0.1, 0.15) is 40.9 Å². The van der Waals surface area contributed by atoms with E-state index in [9.17, 15) is 23.1 Å². The number of hydrogen-bond donors (Lipinski definition) is 1. The van der Waals surface area contributed by atoms with Crippen molar-refractivity contribution in [2.45, 2.75) is 37.0 Å². The molecule has 2 fully saturated rings. The van der Waals surface area contributed by atoms with Crippen molar-refractivity contribution < 1.29 is 23.1 Å². The smallest absolute Gasteiger partial charge is 0.390 e. The summed E-state index contributed by atoms with van der Waals surface area (Å²) in [6, 6.07) is 12.5. The quantitative estimate of drug-likeness (QED) is 0.737. The van der Waals surface area contributed by atoms with E-state index in [0.29, 0.717) is 13.1 Å². The molecule has 1 amide bonds. The lowest BCUT2D eigenvalue weighted by Crippen LogP contribution is -2.85. The summed E-state index contributed by atoms with van der Waals surface area (Å²) in [6.45, 7) is 2.26. The summed E-state index contributed by atoms with van der Waals surface area (Å²) in [7, 11) is 0. The molecule has 2 atom stereocenters. The Kier molecular flexibility index (Phi) is 6.09. The van der Waals surface area contributed by atoms with Crippen molar-refractivity contribution in [2.24, 2.45) is 0 Å². The predicted molar refractivity (Wildman–Crippen MR) is 115 cm³/mol. The van der Waals surface area contributed by atoms with Gasteiger partial charge in [0, 0.05) is 31.7 Å². The number of allylic oxidation sites excluding steroid dienone is 1. The zero-order valence-corrected chi connectivity index (χ0v) is 17.8. The van der Waals surface area contributed by atoms with Crippen molar-refractivity contribution in [1.29, 1.82) is 0 Å². The van der Waals surface area contributed by atoms with Crippen LogP contribution in [0.2, 0.25) is 0 Å². The molecule has 2 aliphatic heterocycles. The van der Waals surface area contributed by atoms with Gasteiger partial charge in [0.25, 0.3) is 5.91 Å². The summed E-state index contributed by atoms with van der Waals surface area (Å²) >= 11 is 0. The first kappa shape index (κ1) is 22.5. The number of amides is 1. The van der Waals surface area contributed by atoms with E-state index in [2.05, 4.69) is 4.98 Å². The number of benzene rings is 1. The number of rotatable bonds is 6. The SMILES string of the molecule is C/C=C/c1ccc([C@H]2[C@@H](CO)N(C(=O)c3ccccn3)C23CN(CCC(F)(F)F)C3)cc1. The monoisotopic (exact) mass is 445 g/mol. The predicted octanol–water partition coefficient (Wildman–Crippen LogP) is 3.72. The lowest BCUT2D eigenvalue weighted by Gasteiger charge is -2.70. The van der Waals surface area contributed by atoms with E-state index >= 15 is 0 Å². The maximum Gasteiger partial charge on any atom is 0.390 e. The van der Waals surface area contributed by atoms with Gasteiger partial charge in [-0.05, 0) is 30.2 Å². The Morgan fingerprint density at radius 3 is 2.50 bits per heavy atom. The third kappa shape index (κ3) is 4.04. The van der Waals surface area contributed by atoms with E-state index in [0.717, 1.165) is 11.1 Å². The van der Waals surface area contributed by atoms with Gasteiger partial charge >= 0.3 is 6.18 Å². The number of pyridine rings is 1. The summed E-state index contributed by atoms with van der Waals surface area (Å²) in [5, 5.41) is 10.2. The minimum atomic E-state index is -4.22. The van der Waals surface area contributed by atoms with Gasteiger partial charge in [-0.2, -0.15) is 13.2 Å². The average molecular weight is 445 g/mol. The highest BCUT2D eigenvalue weighted by Gasteiger charge is 2.67. The second-order valence-corrected chi connectivity index (χ2v) is 8.46. The Morgan fingerprint density at radius 1 is 1.22 bits per heavy atom. The van der Waals surface area contributed by atoms with Crippen LogP contribution in [0.5, 0.6) is 0 Å². The molecule has 5 nitrogen and oxygen atoms in total. The van der Waals surface area contributed by atoms with Gasteiger partial charge in [0.2, 0.25) is 0 Å². The van der Waals surface area contributed by atoms with Gasteiger partial charge in [0.05, 0.1) is 24.6 Å². The molecular weight excluding hydrogens is 419 g/mol. The molecule has 1 aromatic carbocycles. The standard InChI is InChI=1S/C24H26F3N3O2/c1-2-5-17-7-9-18(10-8-17)21-20(14-31)30(22(32)19-6-3-4-12-28-19)23(21)15-29(16-23)13-11-24(25,26)27/h2-10,12,20-21,31H,11,13-16H2,1H3/b5-2+/t20-,21+/m1/s1. The molecule has 32 heavy (non-hydrogen) atoms. The van der Waals surface area contributed by atoms with Crippen LogP contribution in [-0.2, 0) is 0 Å². The van der Waals surface area contributed by atoms with E-state index in [4.69, 9.17) is 0 Å². The third-order valence-electron chi connectivity index (χ3n) is 6.43. The Bertz CT molecular complexity index is 970. The topological polar surface area (TPSA) is 56.7 Å². The molecule has 1 spiro atoms. The molecule has 3 heterocycles. The van der Waals surface area contributed by atoms with Gasteiger partial charge in [-0.25, -0.2) is 0 Å². The van der Waals surface area contributed by atoms with Gasteiger partial charge in [-0.3, -0.25) is 14.7 Å². The third-order valence-corrected chi connectivity index (χ3v) is 6.43. The molecule has 2 saturated heterocycles. The maximum absolute atomic E-state index is 13.3. The molecule has 8 heteroatoms. The first-order valence-electron chi connectivity index (χ1n) is 10.7. The molecule has 2 aliphatic rings. The molecule has 2 aromatic rings. The average Bonchev–Trinajstić information content (AvgIpc) is 2.73. The molecule has 0 aliphatic carbocycles. The molecule has 0 bridgehead atoms. The second-order valence-electron chi connectivity index (χ2n) is 8.46. The van der Waals surface area contributed by atoms with Crippen molar-refractivity contribution in [1.82, 2.24) is 14.8 Å². The van der Waals surface area contributed by atoms with E-state index in [-0.39, 0.29) is 30.7 Å². The highest BCUT2D eigenvalue weighted by molar-refractivity contribution is 5.94. The van der Waals surface area contributed by atoms with Crippen LogP contribution in [0.25, 0.3) is 6.08 Å². The van der Waals surface area contributed by atoms with Crippen molar-refractivity contribution in [3.8, 4) is 0 Å². The molecule has 1 aromatic heterocycles. The van der Waals surface area contributed by atoms with Crippen LogP contribution in [0.15, 0.2) is 54.7 Å². The Hall–Kier alpha value is -2.71. The van der Waals surface area contributed by atoms with Crippen molar-refractivity contribution in [2.75, 3.05) is 26.2 Å². The summed E-state index contributed by atoms with van der Waals surface area (Å²) in [4.78, 5) is 20.8. The number of alkyl halides is 3. The number of carbonyl (C=O) groups is 1. The zero-order valence-electron chi connectivity index (χ0n) is 17.8. The fourth-order valence-corrected chi connectivity index (χ4v) is 5.12. The summed E-state index contributed by atoms with van der Waals surface area (Å²) < 4.78 is 38.1. The Balaban J connectivity index is 1.62. The number of likely N-dealkylation sites (tertiary alicyclic amines) is 2. The number of nitrogens with zero attached hydrogens (tertiary/aromatic N) is 3. The largest absolute Gasteiger partial charge is 0.394 e. The van der Waals surface area contributed by atoms with Crippen molar-refractivity contribution >= 4 is 12.0 Å². The molecule has 0 saturated carbocycles. The second kappa shape index (κ2) is 8.67. The number of hydrogen-bond acceptors (Lipinski definition) is 4. The summed E-state index contributed by atoms with van der Waals surface area (Å²) in [5.41, 5.74) is 1.61. The van der Waals surface area contributed by atoms with Crippen molar-refractivity contribution in [3.05, 3.63) is 71.6 Å². The molecule has 4 rings (SSSR count). The Morgan fingerprint density at radius 2 is 1.94 bits per heavy atom. The molecule has 170 valence electrons. The van der Waals surface area contributed by atoms with Gasteiger partial charge in [0.1, 0.15) is 5.69 Å². The van der Waals surface area contributed by atoms with Gasteiger partial charge in [-0.1, -0.05) is 42.5 Å². The lowest BCUT2D eigenvalue weighted by atomic mass is 9.60. The fourth-order valence-electron chi connectivity index (χ4n) is 5.12. The van der Waals surface area contributed by atoms with Crippen LogP contribution >= 0.6 is 0 Å². The van der Waals surface area contributed by atoms with Crippen LogP contribution in [0.4, 0.5) is 13.2 Å². The van der Waals surface area contributed by atoms with Gasteiger partial charge < -0.3 is 10.0 Å². The van der Waals surface area contributed by atoms with Crippen LogP contribution < -0.4 is 0 Å². The summed E-state index contributed by atoms with van der Waals surface area (Å²) in [5.74, 6) is -0.469. The van der Waals surface area contributed by atoms with Gasteiger partial charge in [0.15, 0.2) is 0 Å². The highest BCUT2D eigenvalue weighted by Crippen LogP contribution is 2.54. The maximum atomic E-state index is 13.3. The minimum Gasteiger partial charge on any atom is -0.394 e. The molecule has 0 unspecified atom stereocenters. The molecule has 0 radical (unpaired) electrons. The van der Waals surface area contributed by atoms with Crippen LogP contribution in [0, 0.1) is 0 Å². The van der Waals surface area contributed by atoms with E-state index in [1.54, 1.807) is 28.0 Å². The minimum absolute atomic E-state index is 0.104. The van der Waals surface area contributed by atoms with Gasteiger partial charge in [-0.15, -0.1) is 0 Å². The summed E-state index contributed by atoms with van der Waals surface area (Å²) in [6.07, 6.45) is 0.337. The molecular formula is C24H26F3N3O2. The van der Waals surface area contributed by atoms with Crippen LogP contribution in [-0.4, -0.2) is 69.8 Å². The zero-order chi connectivity index (χ0) is 22.9. The molecule has 1 N–H and O–H groups in total. The fraction of sp³-hybridized carbons (Fsp3) is 0.417. The van der Waals surface area contributed by atoms with E-state index < -0.39 is 24.2 Å². The first-order chi connectivity index (χ1) is 15.3. The normalized spacial score (nSPS) is 22.7. The number of halogens is 3. The Labute approximate surface area is 185 Å². The number of aliphatic hydroxyl groups is 1. The number of aliphatic hydroxyl groups excluding tert-OH is 1. The van der Waals surface area contributed by atoms with Crippen molar-refractivity contribution in [3.63, 3.8) is 0 Å². The van der Waals surface area contributed by atoms with E-state index in [1.165, 1.54) is 6.20 Å². The first-order valence-corrected chi connectivity index (χ1v) is 10.7. The highest BCUT2D eigenvalue weighted by atomic mass is 19.4. The number of carbonyl (C=O) groups excluding carboxylic acids is 1. The van der Waals surface area contributed by atoms with E-state index in [1.807, 2.05) is 43.3 Å². The van der Waals surface area contributed by atoms with Crippen LogP contribution in [0.3, 0.4) is 0 Å².